The van der Waals surface area contributed by atoms with Crippen molar-refractivity contribution < 1.29 is 9.59 Å². The summed E-state index contributed by atoms with van der Waals surface area (Å²) < 4.78 is 0. The van der Waals surface area contributed by atoms with Crippen LogP contribution in [0.2, 0.25) is 0 Å². The minimum absolute atomic E-state index is 0.0316. The molecular weight excluding hydrogens is 178 g/mol. The lowest BCUT2D eigenvalue weighted by molar-refractivity contribution is -0.125. The highest BCUT2D eigenvalue weighted by molar-refractivity contribution is 6.64. The minimum Gasteiger partial charge on any atom is -0.345 e. The van der Waals surface area contributed by atoms with Crippen LogP contribution in [0.3, 0.4) is 0 Å². The van der Waals surface area contributed by atoms with Crippen LogP contribution in [0.4, 0.5) is 0 Å². The quantitative estimate of drug-likeness (QED) is 0.673. The van der Waals surface area contributed by atoms with Gasteiger partial charge in [-0.25, -0.2) is 0 Å². The molecule has 1 N–H and O–H groups in total. The fourth-order valence-electron chi connectivity index (χ4n) is 0.954. The second-order valence-corrected chi connectivity index (χ2v) is 3.42. The van der Waals surface area contributed by atoms with Gasteiger partial charge in [-0.15, -0.1) is 0 Å². The number of amides is 1. The molecule has 1 rings (SSSR count). The molecule has 0 spiro atoms. The molecule has 0 aromatic rings. The van der Waals surface area contributed by atoms with Crippen LogP contribution >= 0.6 is 11.6 Å². The molecule has 1 fully saturated rings. The van der Waals surface area contributed by atoms with Crippen LogP contribution in [0.25, 0.3) is 0 Å². The topological polar surface area (TPSA) is 46.2 Å². The van der Waals surface area contributed by atoms with Gasteiger partial charge in [0.25, 0.3) is 0 Å². The molecule has 12 heavy (non-hydrogen) atoms. The fourth-order valence-corrected chi connectivity index (χ4v) is 1.16. The molecule has 0 heterocycles. The summed E-state index contributed by atoms with van der Waals surface area (Å²) in [4.78, 5) is 21.9. The highest BCUT2D eigenvalue weighted by atomic mass is 35.5. The van der Waals surface area contributed by atoms with Gasteiger partial charge in [-0.05, 0) is 30.9 Å². The summed E-state index contributed by atoms with van der Waals surface area (Å²) in [6.07, 6.45) is 2.44. The zero-order valence-corrected chi connectivity index (χ0v) is 7.73. The summed E-state index contributed by atoms with van der Waals surface area (Å²) in [6.45, 7) is 1.82. The van der Waals surface area contributed by atoms with E-state index in [0.717, 1.165) is 12.8 Å². The van der Waals surface area contributed by atoms with E-state index in [0.29, 0.717) is 6.42 Å². The maximum absolute atomic E-state index is 11.2. The van der Waals surface area contributed by atoms with E-state index in [-0.39, 0.29) is 11.8 Å². The van der Waals surface area contributed by atoms with Gasteiger partial charge in [0, 0.05) is 5.92 Å². The van der Waals surface area contributed by atoms with E-state index in [1.807, 2.05) is 6.92 Å². The number of hydrogen-bond acceptors (Lipinski definition) is 2. The van der Waals surface area contributed by atoms with Crippen LogP contribution in [-0.2, 0) is 9.59 Å². The normalized spacial score (nSPS) is 18.5. The molecule has 0 saturated heterocycles. The third-order valence-corrected chi connectivity index (χ3v) is 2.21. The Hall–Kier alpha value is -0.570. The van der Waals surface area contributed by atoms with Crippen LogP contribution < -0.4 is 5.32 Å². The van der Waals surface area contributed by atoms with E-state index in [4.69, 9.17) is 11.6 Å². The van der Waals surface area contributed by atoms with Crippen molar-refractivity contribution in [2.24, 2.45) is 5.92 Å². The number of halogens is 1. The number of rotatable bonds is 4. The Bertz CT molecular complexity index is 201. The zero-order valence-electron chi connectivity index (χ0n) is 6.97. The SMILES string of the molecule is CCC(NC(=O)C1CC1)C(=O)Cl. The molecule has 3 nitrogen and oxygen atoms in total. The third-order valence-electron chi connectivity index (χ3n) is 1.95. The molecule has 0 radical (unpaired) electrons. The molecule has 68 valence electrons. The van der Waals surface area contributed by atoms with Crippen LogP contribution in [0.1, 0.15) is 26.2 Å². The Morgan fingerprint density at radius 1 is 1.58 bits per heavy atom. The molecule has 0 bridgehead atoms. The predicted molar refractivity (Wildman–Crippen MR) is 45.8 cm³/mol. The predicted octanol–water partition coefficient (Wildman–Crippen LogP) is 1.06. The van der Waals surface area contributed by atoms with E-state index >= 15 is 0 Å². The van der Waals surface area contributed by atoms with Gasteiger partial charge in [0.05, 0.1) is 0 Å². The number of hydrogen-bond donors (Lipinski definition) is 1. The van der Waals surface area contributed by atoms with Gasteiger partial charge in [-0.2, -0.15) is 0 Å². The standard InChI is InChI=1S/C8H12ClNO2/c1-2-6(7(9)11)10-8(12)5-3-4-5/h5-6H,2-4H2,1H3,(H,10,12). The smallest absolute Gasteiger partial charge is 0.243 e. The Balaban J connectivity index is 2.35. The molecule has 1 saturated carbocycles. The Kier molecular flexibility index (Phi) is 3.09. The van der Waals surface area contributed by atoms with Crippen LogP contribution in [0.5, 0.6) is 0 Å². The third kappa shape index (κ3) is 2.48. The lowest BCUT2D eigenvalue weighted by Crippen LogP contribution is -2.39. The minimum atomic E-state index is -0.500. The Labute approximate surface area is 76.5 Å². The number of carbonyl (C=O) groups excluding carboxylic acids is 2. The van der Waals surface area contributed by atoms with Crippen LogP contribution in [0.15, 0.2) is 0 Å². The summed E-state index contributed by atoms with van der Waals surface area (Å²) in [5, 5.41) is 2.13. The summed E-state index contributed by atoms with van der Waals surface area (Å²) in [5.74, 6) is 0.103. The lowest BCUT2D eigenvalue weighted by atomic mass is 10.2. The Morgan fingerprint density at radius 3 is 2.50 bits per heavy atom. The van der Waals surface area contributed by atoms with Crippen molar-refractivity contribution in [1.29, 1.82) is 0 Å². The summed E-state index contributed by atoms with van der Waals surface area (Å²) >= 11 is 5.26. The van der Waals surface area contributed by atoms with Gasteiger partial charge < -0.3 is 5.32 Å². The van der Waals surface area contributed by atoms with Crippen molar-refractivity contribution in [1.82, 2.24) is 5.32 Å². The highest BCUT2D eigenvalue weighted by Gasteiger charge is 2.31. The largest absolute Gasteiger partial charge is 0.345 e. The first-order valence-corrected chi connectivity index (χ1v) is 4.52. The van der Waals surface area contributed by atoms with E-state index in [2.05, 4.69) is 5.32 Å². The lowest BCUT2D eigenvalue weighted by Gasteiger charge is -2.11. The monoisotopic (exact) mass is 189 g/mol. The number of carbonyl (C=O) groups is 2. The summed E-state index contributed by atoms with van der Waals surface area (Å²) in [6, 6.07) is -0.500. The van der Waals surface area contributed by atoms with Crippen molar-refractivity contribution in [3.63, 3.8) is 0 Å². The second-order valence-electron chi connectivity index (χ2n) is 3.05. The second kappa shape index (κ2) is 3.90. The zero-order chi connectivity index (χ0) is 9.14. The van der Waals surface area contributed by atoms with E-state index in [1.165, 1.54) is 0 Å². The maximum atomic E-state index is 11.2. The maximum Gasteiger partial charge on any atom is 0.243 e. The van der Waals surface area contributed by atoms with Crippen LogP contribution in [-0.4, -0.2) is 17.2 Å². The van der Waals surface area contributed by atoms with Gasteiger partial charge in [0.15, 0.2) is 0 Å². The first-order chi connectivity index (χ1) is 5.65. The van der Waals surface area contributed by atoms with E-state index < -0.39 is 11.3 Å². The van der Waals surface area contributed by atoms with Crippen molar-refractivity contribution in [2.45, 2.75) is 32.2 Å². The molecule has 4 heteroatoms. The van der Waals surface area contributed by atoms with E-state index in [1.54, 1.807) is 0 Å². The van der Waals surface area contributed by atoms with Gasteiger partial charge >= 0.3 is 0 Å². The van der Waals surface area contributed by atoms with Crippen molar-refractivity contribution in [3.05, 3.63) is 0 Å². The van der Waals surface area contributed by atoms with Crippen molar-refractivity contribution >= 4 is 22.8 Å². The summed E-state index contributed by atoms with van der Waals surface area (Å²) in [7, 11) is 0. The van der Waals surface area contributed by atoms with Gasteiger partial charge in [0.1, 0.15) is 6.04 Å². The fraction of sp³-hybridized carbons (Fsp3) is 0.750. The van der Waals surface area contributed by atoms with Gasteiger partial charge in [0.2, 0.25) is 11.1 Å². The van der Waals surface area contributed by atoms with Crippen LogP contribution in [0, 0.1) is 5.92 Å². The van der Waals surface area contributed by atoms with Gasteiger partial charge in [-0.1, -0.05) is 6.92 Å². The van der Waals surface area contributed by atoms with Crippen molar-refractivity contribution in [3.8, 4) is 0 Å². The molecule has 0 aromatic carbocycles. The average Bonchev–Trinajstić information content (AvgIpc) is 2.80. The first kappa shape index (κ1) is 9.52. The molecule has 1 amide bonds. The molecule has 1 aliphatic rings. The summed E-state index contributed by atoms with van der Waals surface area (Å²) in [5.41, 5.74) is 0. The Morgan fingerprint density at radius 2 is 2.17 bits per heavy atom. The average molecular weight is 190 g/mol. The number of nitrogens with one attached hydrogen (secondary N) is 1. The molecule has 0 aliphatic heterocycles. The molecule has 0 aromatic heterocycles. The highest BCUT2D eigenvalue weighted by Crippen LogP contribution is 2.28. The molecule has 1 aliphatic carbocycles. The molecule has 1 atom stereocenters. The van der Waals surface area contributed by atoms with Crippen molar-refractivity contribution in [2.75, 3.05) is 0 Å². The molecular formula is C8H12ClNO2. The van der Waals surface area contributed by atoms with E-state index in [9.17, 15) is 9.59 Å². The molecule has 1 unspecified atom stereocenters. The van der Waals surface area contributed by atoms with Gasteiger partial charge in [-0.3, -0.25) is 9.59 Å². The first-order valence-electron chi connectivity index (χ1n) is 4.15.